The third kappa shape index (κ3) is 7.03. The fourth-order valence-electron chi connectivity index (χ4n) is 4.33. The van der Waals surface area contributed by atoms with E-state index >= 15 is 0 Å². The maximum Gasteiger partial charge on any atom is 0.214 e. The van der Waals surface area contributed by atoms with Crippen LogP contribution in [0.15, 0.2) is 72.8 Å². The van der Waals surface area contributed by atoms with Gasteiger partial charge in [-0.25, -0.2) is 4.68 Å². The standard InChI is InChI=1S/C31H37N3O5/c1-6-30(32-17-16-22-12-14-26(35-2)28(18-22)37-4)39-31-20-25(24-13-15-27(36-3)29(19-24)38-5)33-34(31)21-23-10-8-7-9-11-23/h7-15,18-20,30,32H,6,16-17,21H2,1-5H3. The highest BCUT2D eigenvalue weighted by molar-refractivity contribution is 5.65. The Bertz CT molecular complexity index is 1340. The quantitative estimate of drug-likeness (QED) is 0.213. The lowest BCUT2D eigenvalue weighted by atomic mass is 10.1. The fraction of sp³-hybridized carbons (Fsp3) is 0.323. The van der Waals surface area contributed by atoms with Crippen LogP contribution in [0.4, 0.5) is 0 Å². The average molecular weight is 532 g/mol. The normalized spacial score (nSPS) is 11.6. The molecule has 0 aliphatic carbocycles. The number of aromatic nitrogens is 2. The first-order valence-electron chi connectivity index (χ1n) is 13.0. The van der Waals surface area contributed by atoms with Crippen molar-refractivity contribution in [3.8, 4) is 40.1 Å². The van der Waals surface area contributed by atoms with Crippen molar-refractivity contribution in [3.05, 3.63) is 83.9 Å². The minimum Gasteiger partial charge on any atom is -0.493 e. The molecule has 4 aromatic rings. The summed E-state index contributed by atoms with van der Waals surface area (Å²) in [5, 5.41) is 8.43. The Balaban J connectivity index is 1.52. The number of benzene rings is 3. The molecule has 1 heterocycles. The molecule has 0 radical (unpaired) electrons. The molecule has 0 aliphatic heterocycles. The highest BCUT2D eigenvalue weighted by atomic mass is 16.5. The zero-order chi connectivity index (χ0) is 27.6. The number of ether oxygens (including phenoxy) is 5. The number of methoxy groups -OCH3 is 4. The molecule has 1 aromatic heterocycles. The maximum absolute atomic E-state index is 6.48. The van der Waals surface area contributed by atoms with E-state index in [4.69, 9.17) is 28.8 Å². The highest BCUT2D eigenvalue weighted by Gasteiger charge is 2.17. The minimum atomic E-state index is -0.186. The van der Waals surface area contributed by atoms with Crippen molar-refractivity contribution in [2.24, 2.45) is 0 Å². The van der Waals surface area contributed by atoms with Crippen molar-refractivity contribution in [1.29, 1.82) is 0 Å². The number of hydrogen-bond acceptors (Lipinski definition) is 7. The molecule has 0 fully saturated rings. The van der Waals surface area contributed by atoms with Gasteiger partial charge in [0.2, 0.25) is 5.88 Å². The van der Waals surface area contributed by atoms with E-state index in [1.54, 1.807) is 28.4 Å². The van der Waals surface area contributed by atoms with Gasteiger partial charge in [0.05, 0.1) is 40.7 Å². The summed E-state index contributed by atoms with van der Waals surface area (Å²) < 4.78 is 30.1. The van der Waals surface area contributed by atoms with Gasteiger partial charge in [0.1, 0.15) is 0 Å². The van der Waals surface area contributed by atoms with Crippen LogP contribution < -0.4 is 29.0 Å². The molecule has 0 saturated carbocycles. The van der Waals surface area contributed by atoms with Gasteiger partial charge in [-0.05, 0) is 54.3 Å². The second kappa shape index (κ2) is 13.6. The molecular formula is C31H37N3O5. The Morgan fingerprint density at radius 2 is 1.41 bits per heavy atom. The van der Waals surface area contributed by atoms with Crippen LogP contribution in [0.25, 0.3) is 11.3 Å². The predicted octanol–water partition coefficient (Wildman–Crippen LogP) is 5.58. The van der Waals surface area contributed by atoms with Crippen molar-refractivity contribution in [1.82, 2.24) is 15.1 Å². The van der Waals surface area contributed by atoms with E-state index in [-0.39, 0.29) is 6.23 Å². The second-order valence-corrected chi connectivity index (χ2v) is 8.99. The van der Waals surface area contributed by atoms with Crippen LogP contribution in [0.3, 0.4) is 0 Å². The molecule has 0 saturated heterocycles. The van der Waals surface area contributed by atoms with Crippen LogP contribution in [0, 0.1) is 0 Å². The summed E-state index contributed by atoms with van der Waals surface area (Å²) in [5.41, 5.74) is 4.00. The number of nitrogens with one attached hydrogen (secondary N) is 1. The van der Waals surface area contributed by atoms with Crippen LogP contribution in [0.2, 0.25) is 0 Å². The van der Waals surface area contributed by atoms with Crippen LogP contribution in [0.5, 0.6) is 28.9 Å². The molecular weight excluding hydrogens is 494 g/mol. The van der Waals surface area contributed by atoms with Gasteiger partial charge in [-0.15, -0.1) is 0 Å². The van der Waals surface area contributed by atoms with E-state index in [0.717, 1.165) is 53.3 Å². The van der Waals surface area contributed by atoms with Gasteiger partial charge < -0.3 is 23.7 Å². The summed E-state index contributed by atoms with van der Waals surface area (Å²) in [6.45, 7) is 3.43. The Labute approximate surface area is 230 Å². The van der Waals surface area contributed by atoms with Crippen molar-refractivity contribution >= 4 is 0 Å². The van der Waals surface area contributed by atoms with Crippen molar-refractivity contribution < 1.29 is 23.7 Å². The van der Waals surface area contributed by atoms with Crippen molar-refractivity contribution in [2.75, 3.05) is 35.0 Å². The van der Waals surface area contributed by atoms with Crippen molar-refractivity contribution in [3.63, 3.8) is 0 Å². The third-order valence-corrected chi connectivity index (χ3v) is 6.46. The van der Waals surface area contributed by atoms with Crippen LogP contribution in [-0.2, 0) is 13.0 Å². The first kappa shape index (κ1) is 27.9. The number of rotatable bonds is 14. The summed E-state index contributed by atoms with van der Waals surface area (Å²) >= 11 is 0. The molecule has 0 aliphatic rings. The van der Waals surface area contributed by atoms with E-state index in [9.17, 15) is 0 Å². The molecule has 0 amide bonds. The average Bonchev–Trinajstić information content (AvgIpc) is 3.38. The minimum absolute atomic E-state index is 0.186. The molecule has 206 valence electrons. The van der Waals surface area contributed by atoms with E-state index < -0.39 is 0 Å². The molecule has 1 N–H and O–H groups in total. The van der Waals surface area contributed by atoms with Gasteiger partial charge >= 0.3 is 0 Å². The zero-order valence-corrected chi connectivity index (χ0v) is 23.3. The highest BCUT2D eigenvalue weighted by Crippen LogP contribution is 2.33. The summed E-state index contributed by atoms with van der Waals surface area (Å²) in [5.74, 6) is 3.46. The van der Waals surface area contributed by atoms with Crippen LogP contribution in [-0.4, -0.2) is 51.0 Å². The van der Waals surface area contributed by atoms with E-state index in [1.807, 2.05) is 59.3 Å². The summed E-state index contributed by atoms with van der Waals surface area (Å²) in [7, 11) is 6.54. The second-order valence-electron chi connectivity index (χ2n) is 8.99. The Morgan fingerprint density at radius 3 is 2.08 bits per heavy atom. The van der Waals surface area contributed by atoms with Gasteiger partial charge in [0, 0.05) is 18.2 Å². The monoisotopic (exact) mass is 531 g/mol. The first-order chi connectivity index (χ1) is 19.1. The summed E-state index contributed by atoms with van der Waals surface area (Å²) in [6, 6.07) is 24.0. The molecule has 3 aromatic carbocycles. The molecule has 0 spiro atoms. The molecule has 8 heteroatoms. The first-order valence-corrected chi connectivity index (χ1v) is 13.0. The lowest BCUT2D eigenvalue weighted by Crippen LogP contribution is -2.35. The Kier molecular flexibility index (Phi) is 9.69. The van der Waals surface area contributed by atoms with E-state index in [0.29, 0.717) is 23.9 Å². The topological polar surface area (TPSA) is 76.0 Å². The van der Waals surface area contributed by atoms with E-state index in [2.05, 4.69) is 30.4 Å². The van der Waals surface area contributed by atoms with Gasteiger partial charge in [0.15, 0.2) is 29.2 Å². The predicted molar refractivity (Wildman–Crippen MR) is 152 cm³/mol. The molecule has 1 atom stereocenters. The molecule has 1 unspecified atom stereocenters. The van der Waals surface area contributed by atoms with E-state index in [1.165, 1.54) is 0 Å². The fourth-order valence-corrected chi connectivity index (χ4v) is 4.33. The Hall–Kier alpha value is -4.17. The van der Waals surface area contributed by atoms with Crippen LogP contribution in [0.1, 0.15) is 24.5 Å². The van der Waals surface area contributed by atoms with Gasteiger partial charge in [-0.1, -0.05) is 43.3 Å². The van der Waals surface area contributed by atoms with Gasteiger partial charge in [-0.2, -0.15) is 5.10 Å². The Morgan fingerprint density at radius 1 is 0.744 bits per heavy atom. The maximum atomic E-state index is 6.48. The largest absolute Gasteiger partial charge is 0.493 e. The van der Waals surface area contributed by atoms with Crippen molar-refractivity contribution in [2.45, 2.75) is 32.5 Å². The van der Waals surface area contributed by atoms with Gasteiger partial charge in [-0.3, -0.25) is 5.32 Å². The van der Waals surface area contributed by atoms with Crippen LogP contribution >= 0.6 is 0 Å². The van der Waals surface area contributed by atoms with Gasteiger partial charge in [0.25, 0.3) is 0 Å². The molecule has 4 rings (SSSR count). The number of hydrogen-bond donors (Lipinski definition) is 1. The molecule has 0 bridgehead atoms. The summed E-state index contributed by atoms with van der Waals surface area (Å²) in [4.78, 5) is 0. The molecule has 39 heavy (non-hydrogen) atoms. The lowest BCUT2D eigenvalue weighted by Gasteiger charge is -2.20. The zero-order valence-electron chi connectivity index (χ0n) is 23.3. The SMILES string of the molecule is CCC(NCCc1ccc(OC)c(OC)c1)Oc1cc(-c2ccc(OC)c(OC)c2)nn1Cc1ccccc1. The number of nitrogens with zero attached hydrogens (tertiary/aromatic N) is 2. The summed E-state index contributed by atoms with van der Waals surface area (Å²) in [6.07, 6.45) is 1.42. The molecule has 8 nitrogen and oxygen atoms in total. The third-order valence-electron chi connectivity index (χ3n) is 6.46. The smallest absolute Gasteiger partial charge is 0.214 e. The lowest BCUT2D eigenvalue weighted by molar-refractivity contribution is 0.145.